The van der Waals surface area contributed by atoms with Gasteiger partial charge in [0, 0.05) is 18.7 Å². The van der Waals surface area contributed by atoms with Gasteiger partial charge >= 0.3 is 0 Å². The Labute approximate surface area is 117 Å². The predicted octanol–water partition coefficient (Wildman–Crippen LogP) is 3.23. The Morgan fingerprint density at radius 1 is 1.21 bits per heavy atom. The number of anilines is 1. The van der Waals surface area contributed by atoms with E-state index in [1.165, 1.54) is 5.56 Å². The lowest BCUT2D eigenvalue weighted by Crippen LogP contribution is -2.27. The summed E-state index contributed by atoms with van der Waals surface area (Å²) in [7, 11) is 0. The molecular weight excluding hydrogens is 236 g/mol. The molecule has 0 unspecified atom stereocenters. The van der Waals surface area contributed by atoms with Gasteiger partial charge in [-0.15, -0.1) is 0 Å². The zero-order chi connectivity index (χ0) is 14.3. The summed E-state index contributed by atoms with van der Waals surface area (Å²) in [6.45, 7) is 11.2. The summed E-state index contributed by atoms with van der Waals surface area (Å²) in [5, 5.41) is 3.07. The fourth-order valence-corrected chi connectivity index (χ4v) is 2.20. The molecule has 0 aliphatic heterocycles. The number of aryl methyl sites for hydroxylation is 2. The molecule has 1 rings (SSSR count). The largest absolute Gasteiger partial charge is 0.326 e. The van der Waals surface area contributed by atoms with Gasteiger partial charge < -0.3 is 10.2 Å². The monoisotopic (exact) mass is 262 g/mol. The van der Waals surface area contributed by atoms with E-state index in [1.807, 2.05) is 19.1 Å². The van der Waals surface area contributed by atoms with Crippen molar-refractivity contribution in [2.75, 3.05) is 25.0 Å². The highest BCUT2D eigenvalue weighted by atomic mass is 16.1. The molecule has 0 spiro atoms. The van der Waals surface area contributed by atoms with E-state index in [0.717, 1.165) is 37.3 Å². The van der Waals surface area contributed by atoms with Crippen LogP contribution in [0.5, 0.6) is 0 Å². The third-order valence-electron chi connectivity index (χ3n) is 3.55. The van der Waals surface area contributed by atoms with Crippen molar-refractivity contribution in [1.82, 2.24) is 4.90 Å². The summed E-state index contributed by atoms with van der Waals surface area (Å²) in [5.41, 5.74) is 3.33. The van der Waals surface area contributed by atoms with E-state index in [4.69, 9.17) is 0 Å². The van der Waals surface area contributed by atoms with Crippen LogP contribution in [-0.4, -0.2) is 30.4 Å². The van der Waals surface area contributed by atoms with Crippen molar-refractivity contribution in [3.63, 3.8) is 0 Å². The molecule has 0 atom stereocenters. The lowest BCUT2D eigenvalue weighted by molar-refractivity contribution is -0.116. The summed E-state index contributed by atoms with van der Waals surface area (Å²) in [6.07, 6.45) is 1.49. The van der Waals surface area contributed by atoms with Crippen LogP contribution in [0.3, 0.4) is 0 Å². The first-order chi connectivity index (χ1) is 9.12. The SMILES string of the molecule is CCc1cccc(C)c1NC(=O)CCN(CC)CC. The number of para-hydroxylation sites is 1. The number of hydrogen-bond acceptors (Lipinski definition) is 2. The molecule has 0 saturated heterocycles. The van der Waals surface area contributed by atoms with Gasteiger partial charge in [-0.25, -0.2) is 0 Å². The van der Waals surface area contributed by atoms with Crippen LogP contribution in [0.4, 0.5) is 5.69 Å². The number of rotatable bonds is 7. The van der Waals surface area contributed by atoms with Crippen LogP contribution in [0.25, 0.3) is 0 Å². The van der Waals surface area contributed by atoms with Gasteiger partial charge in [0.25, 0.3) is 0 Å². The van der Waals surface area contributed by atoms with E-state index in [9.17, 15) is 4.79 Å². The third kappa shape index (κ3) is 4.67. The van der Waals surface area contributed by atoms with Gasteiger partial charge in [-0.1, -0.05) is 39.0 Å². The van der Waals surface area contributed by atoms with E-state index >= 15 is 0 Å². The Balaban J connectivity index is 2.62. The summed E-state index contributed by atoms with van der Waals surface area (Å²) in [4.78, 5) is 14.3. The van der Waals surface area contributed by atoms with Crippen molar-refractivity contribution in [3.05, 3.63) is 29.3 Å². The molecule has 3 heteroatoms. The summed E-state index contributed by atoms with van der Waals surface area (Å²) in [6, 6.07) is 6.16. The smallest absolute Gasteiger partial charge is 0.225 e. The van der Waals surface area contributed by atoms with Crippen LogP contribution in [0.15, 0.2) is 18.2 Å². The Hall–Kier alpha value is -1.35. The zero-order valence-corrected chi connectivity index (χ0v) is 12.6. The number of nitrogens with zero attached hydrogens (tertiary/aromatic N) is 1. The first-order valence-corrected chi connectivity index (χ1v) is 7.23. The topological polar surface area (TPSA) is 32.3 Å². The molecule has 1 amide bonds. The number of carbonyl (C=O) groups excluding carboxylic acids is 1. The molecule has 0 saturated carbocycles. The van der Waals surface area contributed by atoms with Gasteiger partial charge in [0.05, 0.1) is 0 Å². The number of hydrogen-bond donors (Lipinski definition) is 1. The fourth-order valence-electron chi connectivity index (χ4n) is 2.20. The molecule has 0 aliphatic carbocycles. The Morgan fingerprint density at radius 2 is 1.89 bits per heavy atom. The number of amides is 1. The molecule has 1 N–H and O–H groups in total. The van der Waals surface area contributed by atoms with E-state index in [1.54, 1.807) is 0 Å². The normalized spacial score (nSPS) is 10.8. The molecule has 19 heavy (non-hydrogen) atoms. The third-order valence-corrected chi connectivity index (χ3v) is 3.55. The lowest BCUT2D eigenvalue weighted by atomic mass is 10.1. The summed E-state index contributed by atoms with van der Waals surface area (Å²) < 4.78 is 0. The molecule has 106 valence electrons. The molecule has 0 radical (unpaired) electrons. The van der Waals surface area contributed by atoms with Crippen molar-refractivity contribution in [2.24, 2.45) is 0 Å². The molecule has 0 bridgehead atoms. The van der Waals surface area contributed by atoms with Gasteiger partial charge in [0.1, 0.15) is 0 Å². The van der Waals surface area contributed by atoms with Crippen LogP contribution in [0.1, 0.15) is 38.3 Å². The second-order valence-corrected chi connectivity index (χ2v) is 4.79. The number of nitrogens with one attached hydrogen (secondary N) is 1. The van der Waals surface area contributed by atoms with E-state index in [2.05, 4.69) is 37.1 Å². The predicted molar refractivity (Wildman–Crippen MR) is 81.6 cm³/mol. The highest BCUT2D eigenvalue weighted by Gasteiger charge is 2.09. The Bertz CT molecular complexity index is 411. The van der Waals surface area contributed by atoms with Crippen molar-refractivity contribution >= 4 is 11.6 Å². The average Bonchev–Trinajstić information content (AvgIpc) is 2.42. The van der Waals surface area contributed by atoms with Gasteiger partial charge in [0.2, 0.25) is 5.91 Å². The molecule has 1 aromatic rings. The van der Waals surface area contributed by atoms with Crippen LogP contribution in [0, 0.1) is 6.92 Å². The number of carbonyl (C=O) groups is 1. The first-order valence-electron chi connectivity index (χ1n) is 7.23. The first kappa shape index (κ1) is 15.7. The fraction of sp³-hybridized carbons (Fsp3) is 0.562. The zero-order valence-electron chi connectivity index (χ0n) is 12.6. The maximum atomic E-state index is 12.0. The maximum Gasteiger partial charge on any atom is 0.225 e. The summed E-state index contributed by atoms with van der Waals surface area (Å²) in [5.74, 6) is 0.107. The van der Waals surface area contributed by atoms with Gasteiger partial charge in [-0.2, -0.15) is 0 Å². The van der Waals surface area contributed by atoms with E-state index < -0.39 is 0 Å². The minimum atomic E-state index is 0.107. The summed E-state index contributed by atoms with van der Waals surface area (Å²) >= 11 is 0. The lowest BCUT2D eigenvalue weighted by Gasteiger charge is -2.18. The Morgan fingerprint density at radius 3 is 2.47 bits per heavy atom. The average molecular weight is 262 g/mol. The van der Waals surface area contributed by atoms with Crippen molar-refractivity contribution in [3.8, 4) is 0 Å². The van der Waals surface area contributed by atoms with E-state index in [-0.39, 0.29) is 5.91 Å². The maximum absolute atomic E-state index is 12.0. The van der Waals surface area contributed by atoms with Crippen LogP contribution in [0.2, 0.25) is 0 Å². The molecule has 1 aromatic carbocycles. The second-order valence-electron chi connectivity index (χ2n) is 4.79. The highest BCUT2D eigenvalue weighted by molar-refractivity contribution is 5.92. The molecular formula is C16H26N2O. The standard InChI is InChI=1S/C16H26N2O/c1-5-14-10-8-9-13(4)16(14)17-15(19)11-12-18(6-2)7-3/h8-10H,5-7,11-12H2,1-4H3,(H,17,19). The molecule has 3 nitrogen and oxygen atoms in total. The van der Waals surface area contributed by atoms with Crippen molar-refractivity contribution < 1.29 is 4.79 Å². The Kier molecular flexibility index (Phi) is 6.57. The van der Waals surface area contributed by atoms with Gasteiger partial charge in [0.15, 0.2) is 0 Å². The van der Waals surface area contributed by atoms with Gasteiger partial charge in [-0.05, 0) is 37.6 Å². The quantitative estimate of drug-likeness (QED) is 0.818. The molecule has 0 heterocycles. The van der Waals surface area contributed by atoms with Crippen molar-refractivity contribution in [2.45, 2.75) is 40.5 Å². The second kappa shape index (κ2) is 7.95. The van der Waals surface area contributed by atoms with Crippen LogP contribution >= 0.6 is 0 Å². The molecule has 0 aliphatic rings. The van der Waals surface area contributed by atoms with Gasteiger partial charge in [-0.3, -0.25) is 4.79 Å². The van der Waals surface area contributed by atoms with Crippen molar-refractivity contribution in [1.29, 1.82) is 0 Å². The van der Waals surface area contributed by atoms with Crippen LogP contribution in [-0.2, 0) is 11.2 Å². The van der Waals surface area contributed by atoms with Crippen LogP contribution < -0.4 is 5.32 Å². The minimum Gasteiger partial charge on any atom is -0.326 e. The molecule has 0 fully saturated rings. The number of benzene rings is 1. The minimum absolute atomic E-state index is 0.107. The molecule has 0 aromatic heterocycles. The van der Waals surface area contributed by atoms with E-state index in [0.29, 0.717) is 6.42 Å². The highest BCUT2D eigenvalue weighted by Crippen LogP contribution is 2.21.